The van der Waals surface area contributed by atoms with E-state index in [0.29, 0.717) is 5.46 Å². The highest BCUT2D eigenvalue weighted by molar-refractivity contribution is 6.35. The Morgan fingerprint density at radius 1 is 1.33 bits per heavy atom. The molecular formula is C9H9BN2. The van der Waals surface area contributed by atoms with Crippen molar-refractivity contribution < 1.29 is 0 Å². The van der Waals surface area contributed by atoms with Crippen LogP contribution in [-0.4, -0.2) is 14.1 Å². The molecule has 2 radical (unpaired) electrons. The number of nitrogens with zero attached hydrogens (tertiary/aromatic N) is 1. The second kappa shape index (κ2) is 4.39. The number of rotatable bonds is 2. The van der Waals surface area contributed by atoms with Gasteiger partial charge in [-0.05, 0) is 18.3 Å². The fourth-order valence-electron chi connectivity index (χ4n) is 0.778. The summed E-state index contributed by atoms with van der Waals surface area (Å²) in [5.74, 6) is 0. The summed E-state index contributed by atoms with van der Waals surface area (Å²) in [4.78, 5) is 4.08. The Morgan fingerprint density at radius 3 is 2.75 bits per heavy atom. The van der Waals surface area contributed by atoms with Crippen LogP contribution in [0.4, 0.5) is 5.69 Å². The first kappa shape index (κ1) is 8.59. The van der Waals surface area contributed by atoms with Gasteiger partial charge in [0, 0.05) is 6.21 Å². The second-order valence-electron chi connectivity index (χ2n) is 2.22. The molecule has 1 rings (SSSR count). The highest BCUT2D eigenvalue weighted by Crippen LogP contribution is 2.04. The molecule has 1 aromatic rings. The summed E-state index contributed by atoms with van der Waals surface area (Å²) >= 11 is 0. The smallest absolute Gasteiger partial charge is 0.116 e. The molecule has 3 heteroatoms. The minimum Gasteiger partial charge on any atom is -0.405 e. The van der Waals surface area contributed by atoms with Crippen LogP contribution in [0.25, 0.3) is 0 Å². The number of aliphatic imine (C=N–C) groups is 1. The van der Waals surface area contributed by atoms with Crippen molar-refractivity contribution in [3.8, 4) is 0 Å². The van der Waals surface area contributed by atoms with Crippen molar-refractivity contribution in [1.82, 2.24) is 0 Å². The van der Waals surface area contributed by atoms with E-state index >= 15 is 0 Å². The van der Waals surface area contributed by atoms with Gasteiger partial charge in [0.2, 0.25) is 0 Å². The molecule has 12 heavy (non-hydrogen) atoms. The SMILES string of the molecule is [B]c1ccccc1N=C/C=C\N. The normalized spacial score (nSPS) is 11.3. The van der Waals surface area contributed by atoms with Crippen LogP contribution in [-0.2, 0) is 0 Å². The summed E-state index contributed by atoms with van der Waals surface area (Å²) in [6, 6.07) is 7.40. The van der Waals surface area contributed by atoms with E-state index in [0.717, 1.165) is 5.69 Å². The highest BCUT2D eigenvalue weighted by atomic mass is 14.7. The standard InChI is InChI=1S/C9H9BN2/c10-8-4-1-2-5-9(8)12-7-3-6-11/h1-7H,11H2/b6-3-,12-7?. The quantitative estimate of drug-likeness (QED) is 0.495. The van der Waals surface area contributed by atoms with Crippen LogP contribution in [0.2, 0.25) is 0 Å². The molecule has 1 aromatic carbocycles. The van der Waals surface area contributed by atoms with Crippen molar-refractivity contribution >= 4 is 25.2 Å². The van der Waals surface area contributed by atoms with Crippen LogP contribution >= 0.6 is 0 Å². The number of benzene rings is 1. The van der Waals surface area contributed by atoms with E-state index in [-0.39, 0.29) is 0 Å². The zero-order valence-corrected chi connectivity index (χ0v) is 6.64. The molecule has 0 saturated heterocycles. The first-order chi connectivity index (χ1) is 5.84. The van der Waals surface area contributed by atoms with Crippen LogP contribution in [0.3, 0.4) is 0 Å². The lowest BCUT2D eigenvalue weighted by Gasteiger charge is -1.96. The van der Waals surface area contributed by atoms with Crippen molar-refractivity contribution in [2.45, 2.75) is 0 Å². The Morgan fingerprint density at radius 2 is 2.08 bits per heavy atom. The molecular weight excluding hydrogens is 147 g/mol. The zero-order chi connectivity index (χ0) is 8.81. The van der Waals surface area contributed by atoms with Gasteiger partial charge in [-0.25, -0.2) is 0 Å². The first-order valence-electron chi connectivity index (χ1n) is 3.60. The Hall–Kier alpha value is -1.51. The molecule has 0 amide bonds. The molecule has 2 nitrogen and oxygen atoms in total. The summed E-state index contributed by atoms with van der Waals surface area (Å²) in [6.45, 7) is 0. The van der Waals surface area contributed by atoms with Gasteiger partial charge < -0.3 is 5.73 Å². The lowest BCUT2D eigenvalue weighted by atomic mass is 9.94. The summed E-state index contributed by atoms with van der Waals surface area (Å²) in [6.07, 6.45) is 4.67. The molecule has 0 bridgehead atoms. The molecule has 0 spiro atoms. The lowest BCUT2D eigenvalue weighted by molar-refractivity contribution is 1.56. The van der Waals surface area contributed by atoms with E-state index in [4.69, 9.17) is 13.6 Å². The van der Waals surface area contributed by atoms with E-state index in [9.17, 15) is 0 Å². The highest BCUT2D eigenvalue weighted by Gasteiger charge is 1.89. The van der Waals surface area contributed by atoms with E-state index in [1.165, 1.54) is 6.20 Å². The van der Waals surface area contributed by atoms with Crippen LogP contribution in [0, 0.1) is 0 Å². The molecule has 0 unspecified atom stereocenters. The largest absolute Gasteiger partial charge is 0.405 e. The van der Waals surface area contributed by atoms with Crippen LogP contribution in [0.15, 0.2) is 41.5 Å². The molecule has 0 aliphatic heterocycles. The van der Waals surface area contributed by atoms with E-state index < -0.39 is 0 Å². The van der Waals surface area contributed by atoms with Crippen molar-refractivity contribution in [2.75, 3.05) is 0 Å². The predicted octanol–water partition coefficient (Wildman–Crippen LogP) is 0.655. The van der Waals surface area contributed by atoms with Crippen molar-refractivity contribution in [2.24, 2.45) is 10.7 Å². The Bertz CT molecular complexity index is 305. The third-order valence-corrected chi connectivity index (χ3v) is 1.35. The summed E-state index contributed by atoms with van der Waals surface area (Å²) in [7, 11) is 5.63. The summed E-state index contributed by atoms with van der Waals surface area (Å²) in [5.41, 5.74) is 6.55. The van der Waals surface area contributed by atoms with Crippen molar-refractivity contribution in [3.63, 3.8) is 0 Å². The molecule has 0 aliphatic carbocycles. The van der Waals surface area contributed by atoms with Crippen LogP contribution in [0.5, 0.6) is 0 Å². The monoisotopic (exact) mass is 156 g/mol. The van der Waals surface area contributed by atoms with Crippen LogP contribution < -0.4 is 11.2 Å². The molecule has 0 heterocycles. The Labute approximate surface area is 73.2 Å². The maximum Gasteiger partial charge on any atom is 0.116 e. The third kappa shape index (κ3) is 2.27. The average Bonchev–Trinajstić information content (AvgIpc) is 2.09. The van der Waals surface area contributed by atoms with Crippen molar-refractivity contribution in [1.29, 1.82) is 0 Å². The molecule has 2 N–H and O–H groups in total. The minimum atomic E-state index is 0.666. The van der Waals surface area contributed by atoms with Gasteiger partial charge in [-0.3, -0.25) is 4.99 Å². The third-order valence-electron chi connectivity index (χ3n) is 1.35. The number of nitrogens with two attached hydrogens (primary N) is 1. The minimum absolute atomic E-state index is 0.666. The average molecular weight is 156 g/mol. The van der Waals surface area contributed by atoms with Gasteiger partial charge >= 0.3 is 0 Å². The van der Waals surface area contributed by atoms with E-state index in [2.05, 4.69) is 4.99 Å². The summed E-state index contributed by atoms with van der Waals surface area (Å²) in [5, 5.41) is 0. The Kier molecular flexibility index (Phi) is 3.14. The van der Waals surface area contributed by atoms with E-state index in [1.54, 1.807) is 18.4 Å². The number of hydrogen-bond acceptors (Lipinski definition) is 2. The molecule has 0 aromatic heterocycles. The molecule has 0 saturated carbocycles. The fraction of sp³-hybridized carbons (Fsp3) is 0. The summed E-state index contributed by atoms with van der Waals surface area (Å²) < 4.78 is 0. The number of allylic oxidation sites excluding steroid dienone is 1. The second-order valence-corrected chi connectivity index (χ2v) is 2.22. The molecule has 0 atom stereocenters. The molecule has 0 aliphatic rings. The lowest BCUT2D eigenvalue weighted by Crippen LogP contribution is -2.00. The molecule has 58 valence electrons. The first-order valence-corrected chi connectivity index (χ1v) is 3.60. The maximum absolute atomic E-state index is 5.63. The van der Waals surface area contributed by atoms with Gasteiger partial charge in [0.05, 0.1) is 5.69 Å². The number of para-hydroxylation sites is 1. The van der Waals surface area contributed by atoms with Crippen LogP contribution in [0.1, 0.15) is 0 Å². The zero-order valence-electron chi connectivity index (χ0n) is 6.64. The van der Waals surface area contributed by atoms with Gasteiger partial charge in [0.15, 0.2) is 0 Å². The molecule has 0 fully saturated rings. The van der Waals surface area contributed by atoms with Gasteiger partial charge in [-0.2, -0.15) is 0 Å². The Balaban J connectivity index is 2.82. The predicted molar refractivity (Wildman–Crippen MR) is 53.3 cm³/mol. The topological polar surface area (TPSA) is 38.4 Å². The maximum atomic E-state index is 5.63. The van der Waals surface area contributed by atoms with Gasteiger partial charge in [-0.1, -0.05) is 23.7 Å². The fourth-order valence-corrected chi connectivity index (χ4v) is 0.778. The van der Waals surface area contributed by atoms with E-state index in [1.807, 2.05) is 18.2 Å². The van der Waals surface area contributed by atoms with Gasteiger partial charge in [0.25, 0.3) is 0 Å². The van der Waals surface area contributed by atoms with Crippen molar-refractivity contribution in [3.05, 3.63) is 36.5 Å². The number of hydrogen-bond donors (Lipinski definition) is 1. The van der Waals surface area contributed by atoms with Gasteiger partial charge in [-0.15, -0.1) is 0 Å². The van der Waals surface area contributed by atoms with Gasteiger partial charge in [0.1, 0.15) is 7.85 Å².